The van der Waals surface area contributed by atoms with Crippen LogP contribution in [0.2, 0.25) is 5.02 Å². The third-order valence-corrected chi connectivity index (χ3v) is 5.66. The average Bonchev–Trinajstić information content (AvgIpc) is 2.96. The molecule has 0 unspecified atom stereocenters. The summed E-state index contributed by atoms with van der Waals surface area (Å²) in [6.45, 7) is 1.96. The SMILES string of the molecule is Cc1sc(NC(=O)c2ccc([S@](C)=O)cc2)nc1-c1ccc(Cl)cc1. The van der Waals surface area contributed by atoms with Gasteiger partial charge in [-0.15, -0.1) is 11.3 Å². The van der Waals surface area contributed by atoms with E-state index < -0.39 is 10.8 Å². The summed E-state index contributed by atoms with van der Waals surface area (Å²) in [5, 5.41) is 4.02. The first-order chi connectivity index (χ1) is 11.9. The van der Waals surface area contributed by atoms with Gasteiger partial charge < -0.3 is 0 Å². The summed E-state index contributed by atoms with van der Waals surface area (Å²) in [6.07, 6.45) is 1.60. The topological polar surface area (TPSA) is 59.1 Å². The number of aromatic nitrogens is 1. The second kappa shape index (κ2) is 7.47. The van der Waals surface area contributed by atoms with E-state index in [2.05, 4.69) is 10.3 Å². The Hall–Kier alpha value is -2.02. The predicted octanol–water partition coefficient (Wildman–Crippen LogP) is 4.76. The molecule has 1 N–H and O–H groups in total. The van der Waals surface area contributed by atoms with Crippen molar-refractivity contribution in [1.82, 2.24) is 4.98 Å². The van der Waals surface area contributed by atoms with Gasteiger partial charge in [-0.2, -0.15) is 0 Å². The third-order valence-electron chi connectivity index (χ3n) is 3.58. The molecule has 0 fully saturated rings. The Bertz CT molecular complexity index is 935. The highest BCUT2D eigenvalue weighted by atomic mass is 35.5. The van der Waals surface area contributed by atoms with Crippen molar-refractivity contribution in [3.8, 4) is 11.3 Å². The first-order valence-corrected chi connectivity index (χ1v) is 10.2. The van der Waals surface area contributed by atoms with Crippen LogP contribution in [0.4, 0.5) is 5.13 Å². The summed E-state index contributed by atoms with van der Waals surface area (Å²) < 4.78 is 11.4. The van der Waals surface area contributed by atoms with Crippen molar-refractivity contribution in [2.75, 3.05) is 11.6 Å². The van der Waals surface area contributed by atoms with Crippen molar-refractivity contribution in [3.63, 3.8) is 0 Å². The first kappa shape index (κ1) is 17.8. The highest BCUT2D eigenvalue weighted by molar-refractivity contribution is 7.84. The number of nitrogens with one attached hydrogen (secondary N) is 1. The summed E-state index contributed by atoms with van der Waals surface area (Å²) >= 11 is 7.34. The smallest absolute Gasteiger partial charge is 0.257 e. The second-order valence-corrected chi connectivity index (χ2v) is 8.38. The van der Waals surface area contributed by atoms with Gasteiger partial charge in [0.25, 0.3) is 5.91 Å². The maximum absolute atomic E-state index is 12.4. The molecule has 2 aromatic carbocycles. The van der Waals surface area contributed by atoms with Gasteiger partial charge in [-0.25, -0.2) is 4.98 Å². The highest BCUT2D eigenvalue weighted by Gasteiger charge is 2.13. The summed E-state index contributed by atoms with van der Waals surface area (Å²) in [5.41, 5.74) is 2.28. The Morgan fingerprint density at radius 1 is 1.12 bits per heavy atom. The number of anilines is 1. The molecule has 3 rings (SSSR count). The van der Waals surface area contributed by atoms with Gasteiger partial charge in [0.15, 0.2) is 5.13 Å². The van der Waals surface area contributed by atoms with E-state index in [4.69, 9.17) is 11.6 Å². The molecule has 0 radical (unpaired) electrons. The van der Waals surface area contributed by atoms with E-state index in [1.807, 2.05) is 31.2 Å². The number of aryl methyl sites for hydroxylation is 1. The second-order valence-electron chi connectivity index (χ2n) is 5.36. The van der Waals surface area contributed by atoms with E-state index in [0.29, 0.717) is 20.6 Å². The van der Waals surface area contributed by atoms with Crippen LogP contribution in [-0.2, 0) is 10.8 Å². The van der Waals surface area contributed by atoms with Crippen LogP contribution in [0, 0.1) is 6.92 Å². The fourth-order valence-electron chi connectivity index (χ4n) is 2.29. The molecule has 0 aliphatic carbocycles. The molecule has 1 aromatic heterocycles. The zero-order valence-corrected chi connectivity index (χ0v) is 16.0. The number of hydrogen-bond acceptors (Lipinski definition) is 4. The Morgan fingerprint density at radius 2 is 1.76 bits per heavy atom. The van der Waals surface area contributed by atoms with Crippen molar-refractivity contribution in [3.05, 3.63) is 64.0 Å². The Kier molecular flexibility index (Phi) is 5.32. The van der Waals surface area contributed by atoms with Crippen molar-refractivity contribution >= 4 is 44.8 Å². The molecule has 1 amide bonds. The average molecular weight is 391 g/mol. The normalized spacial score (nSPS) is 12.0. The quantitative estimate of drug-likeness (QED) is 0.698. The molecule has 4 nitrogen and oxygen atoms in total. The van der Waals surface area contributed by atoms with E-state index >= 15 is 0 Å². The molecule has 0 spiro atoms. The lowest BCUT2D eigenvalue weighted by Crippen LogP contribution is -2.11. The van der Waals surface area contributed by atoms with Gasteiger partial charge in [-0.1, -0.05) is 23.7 Å². The van der Waals surface area contributed by atoms with Crippen LogP contribution in [0.15, 0.2) is 53.4 Å². The van der Waals surface area contributed by atoms with Gasteiger partial charge in [0.1, 0.15) is 0 Å². The predicted molar refractivity (Wildman–Crippen MR) is 104 cm³/mol. The minimum absolute atomic E-state index is 0.246. The number of nitrogens with zero attached hydrogens (tertiary/aromatic N) is 1. The van der Waals surface area contributed by atoms with Gasteiger partial charge >= 0.3 is 0 Å². The Morgan fingerprint density at radius 3 is 2.36 bits per heavy atom. The Balaban J connectivity index is 1.79. The molecule has 1 heterocycles. The van der Waals surface area contributed by atoms with Crippen molar-refractivity contribution in [2.45, 2.75) is 11.8 Å². The molecule has 3 aromatic rings. The summed E-state index contributed by atoms with van der Waals surface area (Å²) in [6, 6.07) is 14.1. The van der Waals surface area contributed by atoms with Crippen molar-refractivity contribution in [2.24, 2.45) is 0 Å². The monoisotopic (exact) mass is 390 g/mol. The van der Waals surface area contributed by atoms with Gasteiger partial charge in [0, 0.05) is 43.0 Å². The van der Waals surface area contributed by atoms with Crippen LogP contribution >= 0.6 is 22.9 Å². The fraction of sp³-hybridized carbons (Fsp3) is 0.111. The van der Waals surface area contributed by atoms with E-state index in [9.17, 15) is 9.00 Å². The number of carbonyl (C=O) groups is 1. The van der Waals surface area contributed by atoms with Crippen LogP contribution < -0.4 is 5.32 Å². The summed E-state index contributed by atoms with van der Waals surface area (Å²) in [7, 11) is -1.06. The van der Waals surface area contributed by atoms with E-state index in [0.717, 1.165) is 16.1 Å². The fourth-order valence-corrected chi connectivity index (χ4v) is 3.77. The lowest BCUT2D eigenvalue weighted by Gasteiger charge is -2.03. The zero-order valence-electron chi connectivity index (χ0n) is 13.6. The molecule has 7 heteroatoms. The first-order valence-electron chi connectivity index (χ1n) is 7.42. The molecular formula is C18H15ClN2O2S2. The molecule has 1 atom stereocenters. The van der Waals surface area contributed by atoms with Crippen LogP contribution in [0.5, 0.6) is 0 Å². The van der Waals surface area contributed by atoms with Crippen LogP contribution in [-0.4, -0.2) is 21.4 Å². The molecule has 128 valence electrons. The molecule has 0 saturated heterocycles. The molecule has 0 aliphatic rings. The number of benzene rings is 2. The van der Waals surface area contributed by atoms with Gasteiger partial charge in [0.2, 0.25) is 0 Å². The number of rotatable bonds is 4. The van der Waals surface area contributed by atoms with Gasteiger partial charge in [-0.3, -0.25) is 14.3 Å². The van der Waals surface area contributed by atoms with Crippen molar-refractivity contribution < 1.29 is 9.00 Å². The molecule has 25 heavy (non-hydrogen) atoms. The lowest BCUT2D eigenvalue weighted by molar-refractivity contribution is 0.102. The standard InChI is InChI=1S/C18H15ClN2O2S2/c1-11-16(12-3-7-14(19)8-4-12)20-18(24-11)21-17(22)13-5-9-15(10-6-13)25(2)23/h3-10H,1-2H3,(H,20,21,22)/t25-/m0/s1. The largest absolute Gasteiger partial charge is 0.298 e. The number of carbonyl (C=O) groups excluding carboxylic acids is 1. The third kappa shape index (κ3) is 4.15. The Labute approximate surface area is 157 Å². The zero-order chi connectivity index (χ0) is 18.0. The van der Waals surface area contributed by atoms with Gasteiger partial charge in [0.05, 0.1) is 5.69 Å². The number of hydrogen-bond donors (Lipinski definition) is 1. The summed E-state index contributed by atoms with van der Waals surface area (Å²) in [5.74, 6) is -0.246. The van der Waals surface area contributed by atoms with Crippen LogP contribution in [0.3, 0.4) is 0 Å². The molecule has 0 saturated carbocycles. The number of amides is 1. The maximum Gasteiger partial charge on any atom is 0.257 e. The summed E-state index contributed by atoms with van der Waals surface area (Å²) in [4.78, 5) is 18.6. The minimum Gasteiger partial charge on any atom is -0.298 e. The van der Waals surface area contributed by atoms with E-state index in [-0.39, 0.29) is 5.91 Å². The number of thiazole rings is 1. The van der Waals surface area contributed by atoms with Crippen LogP contribution in [0.1, 0.15) is 15.2 Å². The number of halogens is 1. The molecule has 0 bridgehead atoms. The van der Waals surface area contributed by atoms with Crippen molar-refractivity contribution in [1.29, 1.82) is 0 Å². The highest BCUT2D eigenvalue weighted by Crippen LogP contribution is 2.31. The molecule has 0 aliphatic heterocycles. The minimum atomic E-state index is -1.06. The van der Waals surface area contributed by atoms with Gasteiger partial charge in [-0.05, 0) is 43.3 Å². The maximum atomic E-state index is 12.4. The molecular weight excluding hydrogens is 376 g/mol. The van der Waals surface area contributed by atoms with E-state index in [1.54, 1.807) is 30.5 Å². The lowest BCUT2D eigenvalue weighted by atomic mass is 10.1. The van der Waals surface area contributed by atoms with E-state index in [1.165, 1.54) is 11.3 Å². The van der Waals surface area contributed by atoms with Crippen LogP contribution in [0.25, 0.3) is 11.3 Å².